The van der Waals surface area contributed by atoms with Crippen LogP contribution in [-0.4, -0.2) is 29.3 Å². The molecule has 24 heavy (non-hydrogen) atoms. The van der Waals surface area contributed by atoms with Crippen molar-refractivity contribution in [1.82, 2.24) is 4.90 Å². The topological polar surface area (TPSA) is 73.6 Å². The fraction of sp³-hybridized carbons (Fsp3) is 0.579. The van der Waals surface area contributed by atoms with Gasteiger partial charge in [-0.05, 0) is 35.2 Å². The Hall–Kier alpha value is -2.06. The number of rotatable bonds is 5. The van der Waals surface area contributed by atoms with E-state index >= 15 is 0 Å². The lowest BCUT2D eigenvalue weighted by Crippen LogP contribution is -2.45. The van der Waals surface area contributed by atoms with E-state index in [1.165, 1.54) is 0 Å². The standard InChI is InChI=1S/C19H26N2O3/c1-18(2)16(11-22)9-10-19(18,3)13-21(14-20)17(23)24-12-15-7-5-4-6-8-15/h4-8,16,22H,9-13H2,1-3H3/t16-,19+/m1/s1. The maximum absolute atomic E-state index is 12.3. The van der Waals surface area contributed by atoms with E-state index in [1.807, 2.05) is 36.5 Å². The van der Waals surface area contributed by atoms with E-state index in [0.717, 1.165) is 23.3 Å². The van der Waals surface area contributed by atoms with Gasteiger partial charge in [-0.25, -0.2) is 9.69 Å². The summed E-state index contributed by atoms with van der Waals surface area (Å²) in [5.74, 6) is 0.184. The zero-order chi connectivity index (χ0) is 17.8. The Morgan fingerprint density at radius 1 is 1.38 bits per heavy atom. The predicted molar refractivity (Wildman–Crippen MR) is 90.6 cm³/mol. The Bertz CT molecular complexity index is 609. The molecule has 0 bridgehead atoms. The summed E-state index contributed by atoms with van der Waals surface area (Å²) in [6, 6.07) is 9.40. The third-order valence-electron chi connectivity index (χ3n) is 5.89. The van der Waals surface area contributed by atoms with Crippen molar-refractivity contribution < 1.29 is 14.6 Å². The maximum atomic E-state index is 12.3. The van der Waals surface area contributed by atoms with E-state index in [9.17, 15) is 15.2 Å². The Morgan fingerprint density at radius 3 is 2.58 bits per heavy atom. The summed E-state index contributed by atoms with van der Waals surface area (Å²) < 4.78 is 5.27. The second-order valence-electron chi connectivity index (χ2n) is 7.43. The predicted octanol–water partition coefficient (Wildman–Crippen LogP) is 3.54. The Morgan fingerprint density at radius 2 is 2.04 bits per heavy atom. The molecule has 1 aliphatic carbocycles. The van der Waals surface area contributed by atoms with Gasteiger partial charge in [-0.1, -0.05) is 51.1 Å². The maximum Gasteiger partial charge on any atom is 0.423 e. The minimum Gasteiger partial charge on any atom is -0.444 e. The third kappa shape index (κ3) is 3.54. The van der Waals surface area contributed by atoms with Crippen LogP contribution in [0.1, 0.15) is 39.2 Å². The number of nitriles is 1. The second kappa shape index (κ2) is 7.23. The molecule has 2 rings (SSSR count). The van der Waals surface area contributed by atoms with Crippen LogP contribution >= 0.6 is 0 Å². The summed E-state index contributed by atoms with van der Waals surface area (Å²) in [5.41, 5.74) is 0.495. The van der Waals surface area contributed by atoms with Gasteiger partial charge in [-0.2, -0.15) is 5.26 Å². The highest BCUT2D eigenvalue weighted by Crippen LogP contribution is 2.56. The number of aliphatic hydroxyl groups is 1. The Balaban J connectivity index is 2.01. The number of carbonyl (C=O) groups is 1. The largest absolute Gasteiger partial charge is 0.444 e. The average Bonchev–Trinajstić information content (AvgIpc) is 2.80. The molecule has 1 amide bonds. The van der Waals surface area contributed by atoms with Gasteiger partial charge in [0, 0.05) is 13.2 Å². The number of aliphatic hydroxyl groups excluding tert-OH is 1. The van der Waals surface area contributed by atoms with Crippen LogP contribution in [0.3, 0.4) is 0 Å². The second-order valence-corrected chi connectivity index (χ2v) is 7.43. The minimum absolute atomic E-state index is 0.133. The molecular formula is C19H26N2O3. The molecule has 0 radical (unpaired) electrons. The smallest absolute Gasteiger partial charge is 0.423 e. The highest BCUT2D eigenvalue weighted by atomic mass is 16.6. The van der Waals surface area contributed by atoms with Crippen molar-refractivity contribution >= 4 is 6.09 Å². The summed E-state index contributed by atoms with van der Waals surface area (Å²) in [4.78, 5) is 13.4. The van der Waals surface area contributed by atoms with Gasteiger partial charge in [0.2, 0.25) is 0 Å². The molecular weight excluding hydrogens is 304 g/mol. The lowest BCUT2D eigenvalue weighted by molar-refractivity contribution is 0.0319. The summed E-state index contributed by atoms with van der Waals surface area (Å²) in [6.07, 6.45) is 3.11. The molecule has 130 valence electrons. The normalized spacial score (nSPS) is 25.0. The van der Waals surface area contributed by atoms with Crippen molar-refractivity contribution in [2.45, 2.75) is 40.2 Å². The van der Waals surface area contributed by atoms with Crippen LogP contribution in [0.15, 0.2) is 30.3 Å². The van der Waals surface area contributed by atoms with Crippen LogP contribution in [0, 0.1) is 28.2 Å². The number of amides is 1. The minimum atomic E-state index is -0.620. The quantitative estimate of drug-likeness (QED) is 0.662. The summed E-state index contributed by atoms with van der Waals surface area (Å²) in [7, 11) is 0. The molecule has 1 aromatic carbocycles. The van der Waals surface area contributed by atoms with Gasteiger partial charge in [-0.15, -0.1) is 0 Å². The van der Waals surface area contributed by atoms with Crippen molar-refractivity contribution in [3.8, 4) is 6.19 Å². The number of ether oxygens (including phenoxy) is 1. The highest BCUT2D eigenvalue weighted by Gasteiger charge is 2.52. The monoisotopic (exact) mass is 330 g/mol. The molecule has 0 saturated heterocycles. The van der Waals surface area contributed by atoms with Crippen LogP contribution in [-0.2, 0) is 11.3 Å². The van der Waals surface area contributed by atoms with Gasteiger partial charge < -0.3 is 9.84 Å². The van der Waals surface area contributed by atoms with Gasteiger partial charge in [0.25, 0.3) is 0 Å². The van der Waals surface area contributed by atoms with Crippen LogP contribution in [0.5, 0.6) is 0 Å². The molecule has 1 aliphatic rings. The summed E-state index contributed by atoms with van der Waals surface area (Å²) in [5, 5.41) is 19.0. The molecule has 0 aromatic heterocycles. The molecule has 5 heteroatoms. The molecule has 5 nitrogen and oxygen atoms in total. The fourth-order valence-corrected chi connectivity index (χ4v) is 3.56. The van der Waals surface area contributed by atoms with Gasteiger partial charge in [0.05, 0.1) is 0 Å². The zero-order valence-corrected chi connectivity index (χ0v) is 14.7. The first-order valence-corrected chi connectivity index (χ1v) is 8.33. The summed E-state index contributed by atoms with van der Waals surface area (Å²) >= 11 is 0. The molecule has 0 unspecified atom stereocenters. The van der Waals surface area contributed by atoms with Gasteiger partial charge in [-0.3, -0.25) is 0 Å². The van der Waals surface area contributed by atoms with Crippen molar-refractivity contribution in [3.63, 3.8) is 0 Å². The van der Waals surface area contributed by atoms with Gasteiger partial charge >= 0.3 is 6.09 Å². The molecule has 0 aliphatic heterocycles. The van der Waals surface area contributed by atoms with E-state index in [4.69, 9.17) is 4.74 Å². The van der Waals surface area contributed by atoms with Gasteiger partial charge in [0.15, 0.2) is 6.19 Å². The number of carbonyl (C=O) groups excluding carboxylic acids is 1. The number of nitrogens with zero attached hydrogens (tertiary/aromatic N) is 2. The lowest BCUT2D eigenvalue weighted by Gasteiger charge is -2.42. The van der Waals surface area contributed by atoms with Crippen LogP contribution in [0.2, 0.25) is 0 Å². The Kier molecular flexibility index (Phi) is 5.51. The van der Waals surface area contributed by atoms with Crippen molar-refractivity contribution in [3.05, 3.63) is 35.9 Å². The number of hydrogen-bond acceptors (Lipinski definition) is 4. The Labute approximate surface area is 143 Å². The van der Waals surface area contributed by atoms with Crippen molar-refractivity contribution in [2.75, 3.05) is 13.2 Å². The van der Waals surface area contributed by atoms with E-state index in [0.29, 0.717) is 6.54 Å². The van der Waals surface area contributed by atoms with Crippen molar-refractivity contribution in [2.24, 2.45) is 16.7 Å². The molecule has 1 fully saturated rings. The SMILES string of the molecule is CC1(C)[C@@H](CO)CC[C@@]1(C)CN(C#N)C(=O)OCc1ccccc1. The number of hydrogen-bond donors (Lipinski definition) is 1. The molecule has 1 aromatic rings. The van der Waals surface area contributed by atoms with Crippen LogP contribution in [0.25, 0.3) is 0 Å². The first kappa shape index (κ1) is 18.3. The first-order chi connectivity index (χ1) is 11.3. The van der Waals surface area contributed by atoms with Crippen LogP contribution in [0.4, 0.5) is 4.79 Å². The summed E-state index contributed by atoms with van der Waals surface area (Å²) in [6.45, 7) is 6.88. The lowest BCUT2D eigenvalue weighted by atomic mass is 9.65. The van der Waals surface area contributed by atoms with E-state index in [1.54, 1.807) is 0 Å². The van der Waals surface area contributed by atoms with Crippen LogP contribution < -0.4 is 0 Å². The average molecular weight is 330 g/mol. The zero-order valence-electron chi connectivity index (χ0n) is 14.7. The molecule has 1 N–H and O–H groups in total. The molecule has 0 spiro atoms. The molecule has 2 atom stereocenters. The fourth-order valence-electron chi connectivity index (χ4n) is 3.56. The van der Waals surface area contributed by atoms with Crippen molar-refractivity contribution in [1.29, 1.82) is 5.26 Å². The number of benzene rings is 1. The molecule has 0 heterocycles. The van der Waals surface area contributed by atoms with E-state index in [2.05, 4.69) is 20.8 Å². The first-order valence-electron chi connectivity index (χ1n) is 8.33. The molecule has 1 saturated carbocycles. The van der Waals surface area contributed by atoms with E-state index in [-0.39, 0.29) is 30.0 Å². The highest BCUT2D eigenvalue weighted by molar-refractivity contribution is 5.69. The van der Waals surface area contributed by atoms with Gasteiger partial charge in [0.1, 0.15) is 6.61 Å². The third-order valence-corrected chi connectivity index (χ3v) is 5.89. The van der Waals surface area contributed by atoms with E-state index < -0.39 is 6.09 Å².